The molecule has 2 saturated heterocycles. The van der Waals surface area contributed by atoms with Gasteiger partial charge in [0.15, 0.2) is 0 Å². The summed E-state index contributed by atoms with van der Waals surface area (Å²) in [6.07, 6.45) is 0. The lowest BCUT2D eigenvalue weighted by Gasteiger charge is -2.51. The average molecular weight is 413 g/mol. The maximum Gasteiger partial charge on any atom is 0.327 e. The summed E-state index contributed by atoms with van der Waals surface area (Å²) < 4.78 is -0.658. The van der Waals surface area contributed by atoms with Crippen LogP contribution in [0.15, 0.2) is 42.5 Å². The first-order chi connectivity index (χ1) is 13.6. The fraction of sp³-hybridized carbons (Fsp3) is 0.381. The normalized spacial score (nSPS) is 28.6. The van der Waals surface area contributed by atoms with Crippen LogP contribution in [0.5, 0.6) is 0 Å². The number of carboxylic acids is 1. The van der Waals surface area contributed by atoms with Gasteiger partial charge < -0.3 is 21.1 Å². The molecule has 4 rings (SSSR count). The van der Waals surface area contributed by atoms with Crippen LogP contribution in [0.2, 0.25) is 0 Å². The maximum atomic E-state index is 12.9. The number of nitrogens with one attached hydrogen (secondary N) is 1. The fourth-order valence-corrected chi connectivity index (χ4v) is 5.87. The first kappa shape index (κ1) is 19.7. The second kappa shape index (κ2) is 6.47. The third kappa shape index (κ3) is 2.89. The van der Waals surface area contributed by atoms with Crippen LogP contribution in [-0.4, -0.2) is 49.5 Å². The highest BCUT2D eigenvalue weighted by molar-refractivity contribution is 8.01. The standard InChI is InChI=1S/C21H23N3O4S/c1-20(2)15(17(26)27)24-18(28)21(3,19(24)29-20)23-16(25)14(22)13-9-8-11-6-4-5-7-12(11)10-13/h4-10,14-15,19H,22H2,1-3H3,(H,23,25)(H,26,27)/t14?,15-,19+,21?/m0/s1. The lowest BCUT2D eigenvalue weighted by Crippen LogP contribution is -2.78. The quantitative estimate of drug-likeness (QED) is 0.660. The smallest absolute Gasteiger partial charge is 0.327 e. The van der Waals surface area contributed by atoms with Crippen molar-refractivity contribution in [3.63, 3.8) is 0 Å². The molecule has 2 amide bonds. The Labute approximate surface area is 172 Å². The van der Waals surface area contributed by atoms with Gasteiger partial charge in [-0.3, -0.25) is 9.59 Å². The SMILES string of the molecule is CC1(C)S[C@H]2N(C(=O)C2(C)NC(=O)C(N)c2ccc3ccccc3c2)[C@H]1C(=O)O. The first-order valence-corrected chi connectivity index (χ1v) is 10.2. The van der Waals surface area contributed by atoms with E-state index in [9.17, 15) is 19.5 Å². The van der Waals surface area contributed by atoms with Gasteiger partial charge in [-0.05, 0) is 43.2 Å². The van der Waals surface area contributed by atoms with Crippen LogP contribution in [-0.2, 0) is 14.4 Å². The number of aliphatic carboxylic acids is 1. The van der Waals surface area contributed by atoms with E-state index >= 15 is 0 Å². The van der Waals surface area contributed by atoms with E-state index in [1.807, 2.05) is 36.4 Å². The van der Waals surface area contributed by atoms with Crippen molar-refractivity contribution in [2.24, 2.45) is 5.73 Å². The Morgan fingerprint density at radius 1 is 1.17 bits per heavy atom. The molecule has 0 aliphatic carbocycles. The van der Waals surface area contributed by atoms with E-state index in [-0.39, 0.29) is 0 Å². The van der Waals surface area contributed by atoms with E-state index in [0.29, 0.717) is 5.56 Å². The molecule has 152 valence electrons. The van der Waals surface area contributed by atoms with E-state index < -0.39 is 45.5 Å². The van der Waals surface area contributed by atoms with Crippen molar-refractivity contribution in [2.45, 2.75) is 48.5 Å². The maximum absolute atomic E-state index is 12.9. The van der Waals surface area contributed by atoms with E-state index in [2.05, 4.69) is 5.32 Å². The minimum absolute atomic E-state index is 0.396. The Morgan fingerprint density at radius 3 is 2.48 bits per heavy atom. The van der Waals surface area contributed by atoms with Gasteiger partial charge in [0.1, 0.15) is 23.0 Å². The number of hydrogen-bond acceptors (Lipinski definition) is 5. The van der Waals surface area contributed by atoms with Crippen LogP contribution >= 0.6 is 11.8 Å². The number of carbonyl (C=O) groups excluding carboxylic acids is 2. The van der Waals surface area contributed by atoms with E-state index in [0.717, 1.165) is 10.8 Å². The van der Waals surface area contributed by atoms with Crippen molar-refractivity contribution in [1.29, 1.82) is 0 Å². The highest BCUT2D eigenvalue weighted by atomic mass is 32.2. The number of amides is 2. The van der Waals surface area contributed by atoms with E-state index in [1.165, 1.54) is 16.7 Å². The molecule has 2 fully saturated rings. The molecule has 2 heterocycles. The van der Waals surface area contributed by atoms with Gasteiger partial charge >= 0.3 is 5.97 Å². The molecule has 0 aromatic heterocycles. The molecule has 2 aromatic carbocycles. The van der Waals surface area contributed by atoms with Crippen molar-refractivity contribution in [3.8, 4) is 0 Å². The number of thioether (sulfide) groups is 1. The number of hydrogen-bond donors (Lipinski definition) is 3. The molecule has 2 aliphatic heterocycles. The van der Waals surface area contributed by atoms with Gasteiger partial charge in [-0.25, -0.2) is 4.79 Å². The molecule has 0 radical (unpaired) electrons. The number of benzene rings is 2. The lowest BCUT2D eigenvalue weighted by molar-refractivity contribution is -0.168. The second-order valence-electron chi connectivity index (χ2n) is 8.30. The van der Waals surface area contributed by atoms with Gasteiger partial charge in [0.2, 0.25) is 5.91 Å². The zero-order chi connectivity index (χ0) is 21.1. The Hall–Kier alpha value is -2.58. The Bertz CT molecular complexity index is 1040. The van der Waals surface area contributed by atoms with Gasteiger partial charge in [0, 0.05) is 4.75 Å². The predicted octanol–water partition coefficient (Wildman–Crippen LogP) is 1.86. The minimum Gasteiger partial charge on any atom is -0.480 e. The molecule has 2 aromatic rings. The number of nitrogens with two attached hydrogens (primary N) is 1. The molecule has 0 saturated carbocycles. The van der Waals surface area contributed by atoms with Crippen LogP contribution in [0.25, 0.3) is 10.8 Å². The van der Waals surface area contributed by atoms with Gasteiger partial charge in [-0.15, -0.1) is 11.8 Å². The Kier molecular flexibility index (Phi) is 4.40. The third-order valence-corrected chi connectivity index (χ3v) is 7.56. The highest BCUT2D eigenvalue weighted by Gasteiger charge is 2.70. The number of carboxylic acid groups (broad SMARTS) is 1. The predicted molar refractivity (Wildman–Crippen MR) is 111 cm³/mol. The number of carbonyl (C=O) groups is 3. The molecule has 2 aliphatic rings. The molecule has 0 bridgehead atoms. The van der Waals surface area contributed by atoms with Crippen LogP contribution in [0, 0.1) is 0 Å². The Morgan fingerprint density at radius 2 is 1.83 bits per heavy atom. The highest BCUT2D eigenvalue weighted by Crippen LogP contribution is 2.54. The number of β-lactam (4-membered cyclic amide) rings is 1. The second-order valence-corrected chi connectivity index (χ2v) is 10.0. The summed E-state index contributed by atoms with van der Waals surface area (Å²) in [5.41, 5.74) is 5.66. The summed E-state index contributed by atoms with van der Waals surface area (Å²) in [4.78, 5) is 38.7. The van der Waals surface area contributed by atoms with Gasteiger partial charge in [0.05, 0.1) is 0 Å². The number of rotatable bonds is 4. The molecule has 8 heteroatoms. The topological polar surface area (TPSA) is 113 Å². The van der Waals surface area contributed by atoms with Crippen LogP contribution in [0.1, 0.15) is 32.4 Å². The number of nitrogens with zero attached hydrogens (tertiary/aromatic N) is 1. The van der Waals surface area contributed by atoms with Crippen LogP contribution in [0.4, 0.5) is 0 Å². The van der Waals surface area contributed by atoms with Gasteiger partial charge in [-0.2, -0.15) is 0 Å². The van der Waals surface area contributed by atoms with Crippen molar-refractivity contribution in [2.75, 3.05) is 0 Å². The van der Waals surface area contributed by atoms with Crippen molar-refractivity contribution in [1.82, 2.24) is 10.2 Å². The molecule has 2 unspecified atom stereocenters. The zero-order valence-corrected chi connectivity index (χ0v) is 17.2. The summed E-state index contributed by atoms with van der Waals surface area (Å²) in [7, 11) is 0. The molecular formula is C21H23N3O4S. The molecule has 4 atom stereocenters. The summed E-state index contributed by atoms with van der Waals surface area (Å²) in [5.74, 6) is -1.90. The molecular weight excluding hydrogens is 390 g/mol. The molecule has 29 heavy (non-hydrogen) atoms. The zero-order valence-electron chi connectivity index (χ0n) is 16.4. The van der Waals surface area contributed by atoms with Crippen LogP contribution < -0.4 is 11.1 Å². The summed E-state index contributed by atoms with van der Waals surface area (Å²) >= 11 is 1.38. The third-order valence-electron chi connectivity index (χ3n) is 5.81. The minimum atomic E-state index is -1.18. The first-order valence-electron chi connectivity index (χ1n) is 9.36. The number of fused-ring (bicyclic) bond motifs is 2. The van der Waals surface area contributed by atoms with E-state index in [4.69, 9.17) is 5.73 Å². The van der Waals surface area contributed by atoms with E-state index in [1.54, 1.807) is 26.8 Å². The molecule has 0 spiro atoms. The monoisotopic (exact) mass is 413 g/mol. The molecule has 4 N–H and O–H groups in total. The average Bonchev–Trinajstić information content (AvgIpc) is 2.96. The van der Waals surface area contributed by atoms with Crippen molar-refractivity contribution >= 4 is 40.3 Å². The largest absolute Gasteiger partial charge is 0.480 e. The van der Waals surface area contributed by atoms with Crippen molar-refractivity contribution < 1.29 is 19.5 Å². The fourth-order valence-electron chi connectivity index (χ4n) is 4.22. The van der Waals surface area contributed by atoms with Gasteiger partial charge in [0.25, 0.3) is 5.91 Å². The molecule has 7 nitrogen and oxygen atoms in total. The van der Waals surface area contributed by atoms with Crippen LogP contribution in [0.3, 0.4) is 0 Å². The summed E-state index contributed by atoms with van der Waals surface area (Å²) in [6, 6.07) is 11.5. The summed E-state index contributed by atoms with van der Waals surface area (Å²) in [6.45, 7) is 5.23. The van der Waals surface area contributed by atoms with Gasteiger partial charge in [-0.1, -0.05) is 36.4 Å². The Balaban J connectivity index is 1.55. The van der Waals surface area contributed by atoms with Crippen molar-refractivity contribution in [3.05, 3.63) is 48.0 Å². The summed E-state index contributed by atoms with van der Waals surface area (Å²) in [5, 5.41) is 13.9. The lowest BCUT2D eigenvalue weighted by atomic mass is 9.85.